The van der Waals surface area contributed by atoms with Crippen molar-refractivity contribution >= 4 is 12.2 Å². The minimum absolute atomic E-state index is 0.190. The van der Waals surface area contributed by atoms with Crippen molar-refractivity contribution in [1.82, 2.24) is 9.78 Å². The minimum Gasteiger partial charge on any atom is -0.483 e. The van der Waals surface area contributed by atoms with E-state index in [-0.39, 0.29) is 11.4 Å². The van der Waals surface area contributed by atoms with Crippen molar-refractivity contribution in [2.45, 2.75) is 13.1 Å². The van der Waals surface area contributed by atoms with Gasteiger partial charge in [-0.1, -0.05) is 0 Å². The lowest BCUT2D eigenvalue weighted by molar-refractivity contribution is -0.137. The summed E-state index contributed by atoms with van der Waals surface area (Å²) in [7, 11) is 0. The molecule has 0 radical (unpaired) electrons. The van der Waals surface area contributed by atoms with Gasteiger partial charge in [-0.15, -0.1) is 0 Å². The molecule has 0 spiro atoms. The van der Waals surface area contributed by atoms with E-state index in [1.54, 1.807) is 6.92 Å². The van der Waals surface area contributed by atoms with Crippen molar-refractivity contribution in [3.63, 3.8) is 0 Å². The quantitative estimate of drug-likeness (QED) is 0.642. The number of aromatic nitrogens is 2. The van der Waals surface area contributed by atoms with Crippen LogP contribution in [0.4, 0.5) is 19.0 Å². The average Bonchev–Trinajstić information content (AvgIpc) is 2.90. The molecule has 2 rings (SSSR count). The molecule has 5 nitrogen and oxygen atoms in total. The van der Waals surface area contributed by atoms with Crippen molar-refractivity contribution in [2.75, 3.05) is 6.61 Å². The molecule has 1 heterocycles. The van der Waals surface area contributed by atoms with E-state index < -0.39 is 11.7 Å². The van der Waals surface area contributed by atoms with Crippen LogP contribution in [0.3, 0.4) is 0 Å². The summed E-state index contributed by atoms with van der Waals surface area (Å²) in [5, 5.41) is 13.0. The van der Waals surface area contributed by atoms with Gasteiger partial charge in [-0.3, -0.25) is 0 Å². The van der Waals surface area contributed by atoms with Crippen LogP contribution in [0, 0.1) is 11.3 Å². The maximum Gasteiger partial charge on any atom is 0.416 e. The second-order valence-electron chi connectivity index (χ2n) is 4.14. The lowest BCUT2D eigenvalue weighted by Crippen LogP contribution is -2.05. The SMILES string of the molecule is CCOC=Nc1c(C#N)cnn1-c1ccc(C(F)(F)F)cc1. The third-order valence-electron chi connectivity index (χ3n) is 2.72. The molecule has 0 aliphatic heterocycles. The fraction of sp³-hybridized carbons (Fsp3) is 0.214. The van der Waals surface area contributed by atoms with Crippen molar-refractivity contribution in [2.24, 2.45) is 4.99 Å². The van der Waals surface area contributed by atoms with E-state index in [1.807, 2.05) is 6.07 Å². The van der Waals surface area contributed by atoms with Crippen LogP contribution in [-0.2, 0) is 10.9 Å². The van der Waals surface area contributed by atoms with Crippen LogP contribution in [0.1, 0.15) is 18.1 Å². The summed E-state index contributed by atoms with van der Waals surface area (Å²) >= 11 is 0. The van der Waals surface area contributed by atoms with Crippen molar-refractivity contribution in [1.29, 1.82) is 5.26 Å². The highest BCUT2D eigenvalue weighted by Gasteiger charge is 2.30. The number of alkyl halides is 3. The normalized spacial score (nSPS) is 11.6. The summed E-state index contributed by atoms with van der Waals surface area (Å²) in [5.41, 5.74) is -0.211. The molecular formula is C14H11F3N4O. The maximum absolute atomic E-state index is 12.6. The van der Waals surface area contributed by atoms with Gasteiger partial charge in [0.25, 0.3) is 0 Å². The summed E-state index contributed by atoms with van der Waals surface area (Å²) in [4.78, 5) is 3.98. The number of benzene rings is 1. The van der Waals surface area contributed by atoms with Gasteiger partial charge in [0.05, 0.1) is 24.1 Å². The predicted octanol–water partition coefficient (Wildman–Crippen LogP) is 3.46. The number of ether oxygens (including phenoxy) is 1. The van der Waals surface area contributed by atoms with Crippen LogP contribution in [0.15, 0.2) is 35.5 Å². The third kappa shape index (κ3) is 3.25. The van der Waals surface area contributed by atoms with E-state index in [1.165, 1.54) is 29.4 Å². The molecule has 0 amide bonds. The Balaban J connectivity index is 2.41. The number of nitriles is 1. The van der Waals surface area contributed by atoms with Crippen LogP contribution < -0.4 is 0 Å². The van der Waals surface area contributed by atoms with Gasteiger partial charge in [-0.2, -0.15) is 28.5 Å². The van der Waals surface area contributed by atoms with E-state index >= 15 is 0 Å². The fourth-order valence-corrected chi connectivity index (χ4v) is 1.69. The van der Waals surface area contributed by atoms with E-state index in [4.69, 9.17) is 10.00 Å². The molecule has 0 bridgehead atoms. The van der Waals surface area contributed by atoms with Gasteiger partial charge in [0, 0.05) is 0 Å². The molecule has 0 saturated heterocycles. The number of aliphatic imine (C=N–C) groups is 1. The van der Waals surface area contributed by atoms with Crippen LogP contribution >= 0.6 is 0 Å². The zero-order chi connectivity index (χ0) is 16.2. The molecule has 0 fully saturated rings. The zero-order valence-corrected chi connectivity index (χ0v) is 11.5. The van der Waals surface area contributed by atoms with Gasteiger partial charge in [-0.05, 0) is 31.2 Å². The van der Waals surface area contributed by atoms with Crippen molar-refractivity contribution in [3.8, 4) is 11.8 Å². The molecule has 0 N–H and O–H groups in total. The average molecular weight is 308 g/mol. The monoisotopic (exact) mass is 308 g/mol. The molecule has 1 aromatic heterocycles. The number of hydrogen-bond acceptors (Lipinski definition) is 4. The summed E-state index contributed by atoms with van der Waals surface area (Å²) in [6.45, 7) is 2.17. The van der Waals surface area contributed by atoms with Crippen LogP contribution in [0.2, 0.25) is 0 Å². The van der Waals surface area contributed by atoms with Crippen molar-refractivity contribution < 1.29 is 17.9 Å². The van der Waals surface area contributed by atoms with Gasteiger partial charge >= 0.3 is 6.18 Å². The Hall–Kier alpha value is -2.82. The van der Waals surface area contributed by atoms with Gasteiger partial charge in [0.2, 0.25) is 0 Å². The Kier molecular flexibility index (Phi) is 4.46. The first kappa shape index (κ1) is 15.6. The van der Waals surface area contributed by atoms with E-state index in [0.717, 1.165) is 12.1 Å². The molecule has 1 aromatic carbocycles. The lowest BCUT2D eigenvalue weighted by Gasteiger charge is -2.08. The Labute approximate surface area is 124 Å². The van der Waals surface area contributed by atoms with E-state index in [9.17, 15) is 13.2 Å². The first-order valence-corrected chi connectivity index (χ1v) is 6.27. The molecule has 2 aromatic rings. The molecule has 8 heteroatoms. The molecule has 114 valence electrons. The Bertz CT molecular complexity index is 711. The van der Waals surface area contributed by atoms with Crippen LogP contribution in [0.25, 0.3) is 5.69 Å². The highest BCUT2D eigenvalue weighted by atomic mass is 19.4. The predicted molar refractivity (Wildman–Crippen MR) is 73.1 cm³/mol. The minimum atomic E-state index is -4.41. The topological polar surface area (TPSA) is 63.2 Å². The van der Waals surface area contributed by atoms with E-state index in [2.05, 4.69) is 10.1 Å². The number of hydrogen-bond donors (Lipinski definition) is 0. The highest BCUT2D eigenvalue weighted by Crippen LogP contribution is 2.30. The second kappa shape index (κ2) is 6.30. The lowest BCUT2D eigenvalue weighted by atomic mass is 10.2. The van der Waals surface area contributed by atoms with Crippen LogP contribution in [-0.4, -0.2) is 22.8 Å². The summed E-state index contributed by atoms with van der Waals surface area (Å²) in [6.07, 6.45) is -1.95. The fourth-order valence-electron chi connectivity index (χ4n) is 1.69. The van der Waals surface area contributed by atoms with Crippen LogP contribution in [0.5, 0.6) is 0 Å². The molecule has 0 unspecified atom stereocenters. The largest absolute Gasteiger partial charge is 0.483 e. The number of halogens is 3. The molecule has 22 heavy (non-hydrogen) atoms. The van der Waals surface area contributed by atoms with Gasteiger partial charge in [-0.25, -0.2) is 4.68 Å². The first-order valence-electron chi connectivity index (χ1n) is 6.27. The standard InChI is InChI=1S/C14H11F3N4O/c1-2-22-9-19-13-10(7-18)8-20-21(13)12-5-3-11(4-6-12)14(15,16)17/h3-6,8-9H,2H2,1H3. The van der Waals surface area contributed by atoms with Gasteiger partial charge in [0.1, 0.15) is 11.6 Å². The Morgan fingerprint density at radius 2 is 2.05 bits per heavy atom. The van der Waals surface area contributed by atoms with Crippen molar-refractivity contribution in [3.05, 3.63) is 41.6 Å². The first-order chi connectivity index (χ1) is 10.5. The Morgan fingerprint density at radius 3 is 2.59 bits per heavy atom. The zero-order valence-electron chi connectivity index (χ0n) is 11.5. The van der Waals surface area contributed by atoms with Gasteiger partial charge < -0.3 is 4.74 Å². The molecule has 0 saturated carbocycles. The molecular weight excluding hydrogens is 297 g/mol. The van der Waals surface area contributed by atoms with E-state index in [0.29, 0.717) is 12.3 Å². The summed E-state index contributed by atoms with van der Waals surface area (Å²) < 4.78 is 43.9. The van der Waals surface area contributed by atoms with Gasteiger partial charge in [0.15, 0.2) is 12.2 Å². The summed E-state index contributed by atoms with van der Waals surface area (Å²) in [6, 6.07) is 6.32. The molecule has 0 aliphatic carbocycles. The Morgan fingerprint density at radius 1 is 1.36 bits per heavy atom. The number of nitrogens with zero attached hydrogens (tertiary/aromatic N) is 4. The maximum atomic E-state index is 12.6. The second-order valence-corrected chi connectivity index (χ2v) is 4.14. The number of rotatable bonds is 4. The molecule has 0 aliphatic rings. The third-order valence-corrected chi connectivity index (χ3v) is 2.72. The summed E-state index contributed by atoms with van der Waals surface area (Å²) in [5.74, 6) is 0.190. The highest BCUT2D eigenvalue weighted by molar-refractivity contribution is 5.60. The smallest absolute Gasteiger partial charge is 0.416 e. The molecule has 0 atom stereocenters.